The van der Waals surface area contributed by atoms with Crippen molar-refractivity contribution in [2.24, 2.45) is 0 Å². The van der Waals surface area contributed by atoms with Gasteiger partial charge in [-0.1, -0.05) is 0 Å². The third-order valence-corrected chi connectivity index (χ3v) is 3.82. The maximum atomic E-state index is 13.6. The molecular formula is C16H15F2N5O2. The van der Waals surface area contributed by atoms with E-state index in [1.54, 1.807) is 11.5 Å². The molecule has 7 nitrogen and oxygen atoms in total. The molecule has 0 unspecified atom stereocenters. The zero-order chi connectivity index (χ0) is 18.0. The van der Waals surface area contributed by atoms with E-state index in [1.165, 1.54) is 18.6 Å². The van der Waals surface area contributed by atoms with Crippen LogP contribution in [0.2, 0.25) is 0 Å². The number of nitrogens with one attached hydrogen (secondary N) is 2. The maximum Gasteiger partial charge on any atom is 0.255 e. The van der Waals surface area contributed by atoms with Gasteiger partial charge in [0.05, 0.1) is 35.8 Å². The molecule has 3 aromatic rings. The van der Waals surface area contributed by atoms with Gasteiger partial charge in [0.2, 0.25) is 0 Å². The van der Waals surface area contributed by atoms with E-state index in [2.05, 4.69) is 20.3 Å². The number of nitrogens with zero attached hydrogens (tertiary/aromatic N) is 3. The second-order valence-corrected chi connectivity index (χ2v) is 5.44. The summed E-state index contributed by atoms with van der Waals surface area (Å²) in [6, 6.07) is 1.25. The lowest BCUT2D eigenvalue weighted by Crippen LogP contribution is -2.25. The molecule has 3 heterocycles. The quantitative estimate of drug-likeness (QED) is 0.728. The van der Waals surface area contributed by atoms with Gasteiger partial charge in [0, 0.05) is 24.4 Å². The molecule has 0 atom stereocenters. The van der Waals surface area contributed by atoms with Gasteiger partial charge >= 0.3 is 0 Å². The van der Waals surface area contributed by atoms with Gasteiger partial charge in [-0.3, -0.25) is 14.6 Å². The van der Waals surface area contributed by atoms with Crippen molar-refractivity contribution < 1.29 is 13.6 Å². The zero-order valence-corrected chi connectivity index (χ0v) is 13.3. The number of carbonyl (C=O) groups excluding carboxylic acids is 1. The average molecular weight is 347 g/mol. The molecule has 9 heteroatoms. The number of aromatic nitrogens is 4. The third-order valence-electron chi connectivity index (χ3n) is 3.82. The van der Waals surface area contributed by atoms with Crippen LogP contribution < -0.4 is 10.9 Å². The smallest absolute Gasteiger partial charge is 0.255 e. The summed E-state index contributed by atoms with van der Waals surface area (Å²) in [7, 11) is 0. The molecule has 0 aliphatic carbocycles. The highest BCUT2D eigenvalue weighted by Crippen LogP contribution is 2.21. The molecule has 0 fully saturated rings. The Bertz CT molecular complexity index is 996. The summed E-state index contributed by atoms with van der Waals surface area (Å²) in [5, 5.41) is 2.42. The predicted molar refractivity (Wildman–Crippen MR) is 86.7 cm³/mol. The molecule has 0 saturated heterocycles. The van der Waals surface area contributed by atoms with E-state index >= 15 is 0 Å². The maximum absolute atomic E-state index is 13.6. The second-order valence-electron chi connectivity index (χ2n) is 5.44. The molecule has 0 radical (unpaired) electrons. The second kappa shape index (κ2) is 6.80. The van der Waals surface area contributed by atoms with Crippen LogP contribution in [0.1, 0.15) is 21.6 Å². The first-order valence-corrected chi connectivity index (χ1v) is 7.53. The standard InChI is InChI=1S/C16H15F2N5O2/c1-9-12(21-8-22-15(9)24)7-23-6-11(16(25)19-3-2-17)14-13(23)4-10(18)5-20-14/h4-6,8H,2-3,7H2,1H3,(H,19,25)(H,21,22,24). The van der Waals surface area contributed by atoms with Crippen LogP contribution in [0.25, 0.3) is 11.0 Å². The van der Waals surface area contributed by atoms with Gasteiger partial charge in [0.15, 0.2) is 0 Å². The average Bonchev–Trinajstić information content (AvgIpc) is 2.94. The summed E-state index contributed by atoms with van der Waals surface area (Å²) in [6.45, 7) is 0.970. The lowest BCUT2D eigenvalue weighted by molar-refractivity contribution is 0.0952. The molecular weight excluding hydrogens is 332 g/mol. The van der Waals surface area contributed by atoms with Crippen LogP contribution in [-0.4, -0.2) is 38.6 Å². The molecule has 0 spiro atoms. The van der Waals surface area contributed by atoms with E-state index in [0.717, 1.165) is 6.20 Å². The Kier molecular flexibility index (Phi) is 4.55. The highest BCUT2D eigenvalue weighted by molar-refractivity contribution is 6.05. The van der Waals surface area contributed by atoms with Crippen LogP contribution >= 0.6 is 0 Å². The third kappa shape index (κ3) is 3.25. The summed E-state index contributed by atoms with van der Waals surface area (Å²) in [6.07, 6.45) is 3.78. The van der Waals surface area contributed by atoms with Crippen molar-refractivity contribution in [3.8, 4) is 0 Å². The number of fused-ring (bicyclic) bond motifs is 1. The summed E-state index contributed by atoms with van der Waals surface area (Å²) >= 11 is 0. The van der Waals surface area contributed by atoms with Crippen molar-refractivity contribution in [1.82, 2.24) is 24.8 Å². The molecule has 25 heavy (non-hydrogen) atoms. The SMILES string of the molecule is Cc1c(Cn2cc(C(=O)NCCF)c3ncc(F)cc32)nc[nH]c1=O. The molecule has 0 aromatic carbocycles. The van der Waals surface area contributed by atoms with Crippen LogP contribution in [0.15, 0.2) is 29.6 Å². The molecule has 0 aliphatic heterocycles. The van der Waals surface area contributed by atoms with Crippen molar-refractivity contribution in [3.05, 3.63) is 57.8 Å². The number of aromatic amines is 1. The van der Waals surface area contributed by atoms with Gasteiger partial charge in [-0.15, -0.1) is 0 Å². The lowest BCUT2D eigenvalue weighted by Gasteiger charge is -2.06. The number of rotatable bonds is 5. The van der Waals surface area contributed by atoms with Crippen LogP contribution in [0.5, 0.6) is 0 Å². The van der Waals surface area contributed by atoms with Gasteiger partial charge in [0.25, 0.3) is 11.5 Å². The number of alkyl halides is 1. The molecule has 0 saturated carbocycles. The van der Waals surface area contributed by atoms with E-state index < -0.39 is 18.4 Å². The Balaban J connectivity index is 2.08. The van der Waals surface area contributed by atoms with Crippen LogP contribution in [0.4, 0.5) is 8.78 Å². The fraction of sp³-hybridized carbons (Fsp3) is 0.250. The lowest BCUT2D eigenvalue weighted by atomic mass is 10.2. The molecule has 130 valence electrons. The minimum atomic E-state index is -0.692. The Morgan fingerprint density at radius 1 is 1.40 bits per heavy atom. The number of hydrogen-bond donors (Lipinski definition) is 2. The number of halogens is 2. The van der Waals surface area contributed by atoms with Gasteiger partial charge in [-0.25, -0.2) is 13.8 Å². The molecule has 1 amide bonds. The minimum Gasteiger partial charge on any atom is -0.349 e. The van der Waals surface area contributed by atoms with E-state index in [0.29, 0.717) is 22.3 Å². The number of H-pyrrole nitrogens is 1. The molecule has 3 rings (SSSR count). The summed E-state index contributed by atoms with van der Waals surface area (Å²) in [5.41, 5.74) is 1.52. The highest BCUT2D eigenvalue weighted by Gasteiger charge is 2.18. The summed E-state index contributed by atoms with van der Waals surface area (Å²) in [5.74, 6) is -1.06. The molecule has 3 aromatic heterocycles. The first-order chi connectivity index (χ1) is 12.0. The topological polar surface area (TPSA) is 92.7 Å². The Morgan fingerprint density at radius 3 is 2.96 bits per heavy atom. The van der Waals surface area contributed by atoms with Gasteiger partial charge in [-0.05, 0) is 6.92 Å². The first kappa shape index (κ1) is 16.7. The monoisotopic (exact) mass is 347 g/mol. The van der Waals surface area contributed by atoms with Gasteiger partial charge in [-0.2, -0.15) is 0 Å². The Hall–Kier alpha value is -3.10. The fourth-order valence-electron chi connectivity index (χ4n) is 2.52. The van der Waals surface area contributed by atoms with E-state index in [4.69, 9.17) is 0 Å². The molecule has 0 aliphatic rings. The van der Waals surface area contributed by atoms with Gasteiger partial charge in [0.1, 0.15) is 18.0 Å². The van der Waals surface area contributed by atoms with Crippen LogP contribution in [0.3, 0.4) is 0 Å². The largest absolute Gasteiger partial charge is 0.349 e. The van der Waals surface area contributed by atoms with Crippen LogP contribution in [0, 0.1) is 12.7 Å². The Labute approximate surface area is 140 Å². The number of carbonyl (C=O) groups is 1. The highest BCUT2D eigenvalue weighted by atomic mass is 19.1. The predicted octanol–water partition coefficient (Wildman–Crippen LogP) is 1.31. The minimum absolute atomic E-state index is 0.124. The fourth-order valence-corrected chi connectivity index (χ4v) is 2.52. The van der Waals surface area contributed by atoms with Crippen molar-refractivity contribution >= 4 is 16.9 Å². The van der Waals surface area contributed by atoms with E-state index in [9.17, 15) is 18.4 Å². The van der Waals surface area contributed by atoms with Gasteiger partial charge < -0.3 is 14.9 Å². The zero-order valence-electron chi connectivity index (χ0n) is 13.3. The van der Waals surface area contributed by atoms with E-state index in [-0.39, 0.29) is 24.2 Å². The molecule has 0 bridgehead atoms. The van der Waals surface area contributed by atoms with Crippen LogP contribution in [-0.2, 0) is 6.54 Å². The first-order valence-electron chi connectivity index (χ1n) is 7.53. The van der Waals surface area contributed by atoms with Crippen molar-refractivity contribution in [3.63, 3.8) is 0 Å². The number of pyridine rings is 1. The van der Waals surface area contributed by atoms with Crippen molar-refractivity contribution in [2.45, 2.75) is 13.5 Å². The summed E-state index contributed by atoms with van der Waals surface area (Å²) in [4.78, 5) is 34.5. The van der Waals surface area contributed by atoms with Crippen molar-refractivity contribution in [2.75, 3.05) is 13.2 Å². The number of amides is 1. The van der Waals surface area contributed by atoms with Crippen molar-refractivity contribution in [1.29, 1.82) is 0 Å². The normalized spacial score (nSPS) is 11.0. The van der Waals surface area contributed by atoms with E-state index in [1.807, 2.05) is 0 Å². The molecule has 2 N–H and O–H groups in total. The summed E-state index contributed by atoms with van der Waals surface area (Å²) < 4.78 is 27.5. The number of hydrogen-bond acceptors (Lipinski definition) is 4. The Morgan fingerprint density at radius 2 is 2.20 bits per heavy atom.